The Labute approximate surface area is 129 Å². The molecular weight excluding hydrogens is 282 g/mol. The molecule has 3 N–H and O–H groups in total. The van der Waals surface area contributed by atoms with Crippen LogP contribution in [0.3, 0.4) is 0 Å². The van der Waals surface area contributed by atoms with Crippen molar-refractivity contribution in [3.05, 3.63) is 47.7 Å². The number of benzene rings is 1. The molecule has 6 nitrogen and oxygen atoms in total. The minimum absolute atomic E-state index is 0.303. The van der Waals surface area contributed by atoms with Crippen molar-refractivity contribution < 1.29 is 14.3 Å². The first-order chi connectivity index (χ1) is 10.7. The summed E-state index contributed by atoms with van der Waals surface area (Å²) in [5.74, 6) is 1.55. The molecule has 6 heteroatoms. The van der Waals surface area contributed by atoms with Crippen LogP contribution in [0.15, 0.2) is 35.2 Å². The molecule has 0 amide bonds. The predicted octanol–water partition coefficient (Wildman–Crippen LogP) is 0.931. The smallest absolute Gasteiger partial charge is 0.181 e. The zero-order valence-electron chi connectivity index (χ0n) is 12.4. The molecule has 0 saturated heterocycles. The van der Waals surface area contributed by atoms with Crippen molar-refractivity contribution in [2.45, 2.75) is 25.7 Å². The molecule has 2 heterocycles. The molecule has 0 radical (unpaired) electrons. The molecule has 0 saturated carbocycles. The van der Waals surface area contributed by atoms with Crippen molar-refractivity contribution in [3.63, 3.8) is 0 Å². The quantitative estimate of drug-likeness (QED) is 0.826. The van der Waals surface area contributed by atoms with Gasteiger partial charge in [-0.2, -0.15) is 0 Å². The fourth-order valence-corrected chi connectivity index (χ4v) is 2.67. The SMILES string of the molecule is NC[C@H](O)CN1CCc2cc(OCc3cnco3)ccc2C1. The summed E-state index contributed by atoms with van der Waals surface area (Å²) in [5.41, 5.74) is 8.05. The summed E-state index contributed by atoms with van der Waals surface area (Å²) in [5, 5.41) is 9.66. The van der Waals surface area contributed by atoms with Gasteiger partial charge in [0.05, 0.1) is 12.3 Å². The summed E-state index contributed by atoms with van der Waals surface area (Å²) in [6.07, 6.45) is 3.55. The summed E-state index contributed by atoms with van der Waals surface area (Å²) in [4.78, 5) is 6.09. The van der Waals surface area contributed by atoms with Crippen LogP contribution in [-0.2, 0) is 19.6 Å². The monoisotopic (exact) mass is 303 g/mol. The number of aromatic nitrogens is 1. The van der Waals surface area contributed by atoms with Crippen LogP contribution in [0.4, 0.5) is 0 Å². The highest BCUT2D eigenvalue weighted by molar-refractivity contribution is 5.37. The number of hydrogen-bond acceptors (Lipinski definition) is 6. The van der Waals surface area contributed by atoms with Crippen molar-refractivity contribution >= 4 is 0 Å². The van der Waals surface area contributed by atoms with E-state index in [1.165, 1.54) is 17.5 Å². The number of aliphatic hydroxyl groups excluding tert-OH is 1. The number of aliphatic hydroxyl groups is 1. The Morgan fingerprint density at radius 2 is 2.32 bits per heavy atom. The number of oxazole rings is 1. The van der Waals surface area contributed by atoms with Gasteiger partial charge in [-0.3, -0.25) is 4.90 Å². The number of rotatable bonds is 6. The number of hydrogen-bond donors (Lipinski definition) is 2. The Kier molecular flexibility index (Phi) is 4.72. The average molecular weight is 303 g/mol. The second kappa shape index (κ2) is 6.91. The Bertz CT molecular complexity index is 601. The number of fused-ring (bicyclic) bond motifs is 1. The standard InChI is InChI=1S/C16H21N3O3/c17-6-14(20)9-19-4-3-12-5-15(2-1-13(12)8-19)21-10-16-7-18-11-22-16/h1-2,5,7,11,14,20H,3-4,6,8-10,17H2/t14-/m0/s1. The van der Waals surface area contributed by atoms with Gasteiger partial charge in [-0.25, -0.2) is 4.98 Å². The maximum atomic E-state index is 9.66. The highest BCUT2D eigenvalue weighted by Crippen LogP contribution is 2.24. The summed E-state index contributed by atoms with van der Waals surface area (Å²) >= 11 is 0. The van der Waals surface area contributed by atoms with Gasteiger partial charge >= 0.3 is 0 Å². The molecule has 1 atom stereocenters. The van der Waals surface area contributed by atoms with Gasteiger partial charge in [-0.1, -0.05) is 6.07 Å². The van der Waals surface area contributed by atoms with Crippen LogP contribution in [0.5, 0.6) is 5.75 Å². The van der Waals surface area contributed by atoms with E-state index in [1.807, 2.05) is 6.07 Å². The summed E-state index contributed by atoms with van der Waals surface area (Å²) in [6.45, 7) is 3.08. The Morgan fingerprint density at radius 1 is 1.41 bits per heavy atom. The van der Waals surface area contributed by atoms with Crippen molar-refractivity contribution in [3.8, 4) is 5.75 Å². The predicted molar refractivity (Wildman–Crippen MR) is 81.3 cm³/mol. The number of nitrogens with two attached hydrogens (primary N) is 1. The topological polar surface area (TPSA) is 84.8 Å². The highest BCUT2D eigenvalue weighted by atomic mass is 16.5. The van der Waals surface area contributed by atoms with E-state index < -0.39 is 6.10 Å². The van der Waals surface area contributed by atoms with E-state index >= 15 is 0 Å². The Morgan fingerprint density at radius 3 is 3.09 bits per heavy atom. The zero-order valence-corrected chi connectivity index (χ0v) is 12.4. The van der Waals surface area contributed by atoms with Gasteiger partial charge in [0.15, 0.2) is 12.2 Å². The lowest BCUT2D eigenvalue weighted by molar-refractivity contribution is 0.111. The molecule has 0 unspecified atom stereocenters. The van der Waals surface area contributed by atoms with Crippen LogP contribution in [0.25, 0.3) is 0 Å². The van der Waals surface area contributed by atoms with Crippen LogP contribution < -0.4 is 10.5 Å². The first kappa shape index (κ1) is 15.0. The minimum atomic E-state index is -0.453. The van der Waals surface area contributed by atoms with E-state index in [1.54, 1.807) is 6.20 Å². The molecule has 0 spiro atoms. The van der Waals surface area contributed by atoms with Crippen molar-refractivity contribution in [2.24, 2.45) is 5.73 Å². The van der Waals surface area contributed by atoms with Crippen molar-refractivity contribution in [1.82, 2.24) is 9.88 Å². The molecule has 1 aliphatic heterocycles. The van der Waals surface area contributed by atoms with Gasteiger partial charge in [0.2, 0.25) is 0 Å². The summed E-state index contributed by atoms with van der Waals surface area (Å²) < 4.78 is 10.9. The molecule has 22 heavy (non-hydrogen) atoms. The van der Waals surface area contributed by atoms with Gasteiger partial charge in [0, 0.05) is 26.2 Å². The van der Waals surface area contributed by atoms with Gasteiger partial charge in [0.25, 0.3) is 0 Å². The van der Waals surface area contributed by atoms with Gasteiger partial charge in [0.1, 0.15) is 12.4 Å². The third kappa shape index (κ3) is 3.65. The lowest BCUT2D eigenvalue weighted by Gasteiger charge is -2.30. The maximum Gasteiger partial charge on any atom is 0.181 e. The molecule has 0 aliphatic carbocycles. The number of nitrogens with zero attached hydrogens (tertiary/aromatic N) is 2. The van der Waals surface area contributed by atoms with E-state index in [-0.39, 0.29) is 0 Å². The first-order valence-electron chi connectivity index (χ1n) is 7.47. The van der Waals surface area contributed by atoms with E-state index in [9.17, 15) is 5.11 Å². The van der Waals surface area contributed by atoms with Crippen LogP contribution in [0, 0.1) is 0 Å². The van der Waals surface area contributed by atoms with Crippen LogP contribution in [0.1, 0.15) is 16.9 Å². The number of β-amino-alcohol motifs (C(OH)–C–C–N with tert-alkyl or cyclic N) is 1. The first-order valence-corrected chi connectivity index (χ1v) is 7.47. The van der Waals surface area contributed by atoms with E-state index in [0.29, 0.717) is 25.5 Å². The lowest BCUT2D eigenvalue weighted by atomic mass is 9.99. The third-order valence-corrected chi connectivity index (χ3v) is 3.87. The Hall–Kier alpha value is -1.89. The van der Waals surface area contributed by atoms with Crippen LogP contribution >= 0.6 is 0 Å². The Balaban J connectivity index is 1.60. The van der Waals surface area contributed by atoms with Gasteiger partial charge in [-0.15, -0.1) is 0 Å². The van der Waals surface area contributed by atoms with Crippen molar-refractivity contribution in [2.75, 3.05) is 19.6 Å². The molecule has 0 fully saturated rings. The average Bonchev–Trinajstić information content (AvgIpc) is 3.06. The summed E-state index contributed by atoms with van der Waals surface area (Å²) in [6, 6.07) is 6.15. The second-order valence-electron chi connectivity index (χ2n) is 5.56. The van der Waals surface area contributed by atoms with E-state index in [4.69, 9.17) is 14.9 Å². The van der Waals surface area contributed by atoms with Crippen LogP contribution in [0.2, 0.25) is 0 Å². The maximum absolute atomic E-state index is 9.66. The second-order valence-corrected chi connectivity index (χ2v) is 5.56. The third-order valence-electron chi connectivity index (χ3n) is 3.87. The van der Waals surface area contributed by atoms with E-state index in [0.717, 1.165) is 25.3 Å². The molecular formula is C16H21N3O3. The van der Waals surface area contributed by atoms with Crippen LogP contribution in [-0.4, -0.2) is 40.7 Å². The highest BCUT2D eigenvalue weighted by Gasteiger charge is 2.18. The molecule has 118 valence electrons. The fraction of sp³-hybridized carbons (Fsp3) is 0.438. The van der Waals surface area contributed by atoms with Crippen molar-refractivity contribution in [1.29, 1.82) is 0 Å². The normalized spacial score (nSPS) is 16.3. The summed E-state index contributed by atoms with van der Waals surface area (Å²) in [7, 11) is 0. The molecule has 1 aliphatic rings. The zero-order chi connectivity index (χ0) is 15.4. The van der Waals surface area contributed by atoms with Gasteiger partial charge in [-0.05, 0) is 29.7 Å². The van der Waals surface area contributed by atoms with E-state index in [2.05, 4.69) is 22.0 Å². The molecule has 2 aromatic rings. The minimum Gasteiger partial charge on any atom is -0.486 e. The molecule has 1 aromatic heterocycles. The molecule has 3 rings (SSSR count). The lowest BCUT2D eigenvalue weighted by Crippen LogP contribution is -2.39. The number of ether oxygens (including phenoxy) is 1. The largest absolute Gasteiger partial charge is 0.486 e. The fourth-order valence-electron chi connectivity index (χ4n) is 2.67. The molecule has 1 aromatic carbocycles. The molecule has 0 bridgehead atoms. The van der Waals surface area contributed by atoms with Gasteiger partial charge < -0.3 is 20.0 Å².